The van der Waals surface area contributed by atoms with Crippen molar-refractivity contribution >= 4 is 0 Å². The van der Waals surface area contributed by atoms with Crippen molar-refractivity contribution in [3.05, 3.63) is 41.5 Å². The van der Waals surface area contributed by atoms with Crippen LogP contribution in [0, 0.1) is 5.92 Å². The van der Waals surface area contributed by atoms with Gasteiger partial charge in [0.2, 0.25) is 0 Å². The summed E-state index contributed by atoms with van der Waals surface area (Å²) >= 11 is 0. The monoisotopic (exact) mass is 369 g/mol. The second-order valence-electron chi connectivity index (χ2n) is 6.75. The van der Waals surface area contributed by atoms with E-state index in [9.17, 15) is 18.3 Å². The van der Waals surface area contributed by atoms with Crippen molar-refractivity contribution in [1.82, 2.24) is 14.8 Å². The van der Waals surface area contributed by atoms with Crippen LogP contribution in [0.4, 0.5) is 13.2 Å². The fraction of sp³-hybridized carbons (Fsp3) is 0.556. The molecule has 0 amide bonds. The van der Waals surface area contributed by atoms with Crippen LogP contribution >= 0.6 is 0 Å². The molecule has 5 nitrogen and oxygen atoms in total. The average molecular weight is 369 g/mol. The smallest absolute Gasteiger partial charge is 0.416 e. The minimum Gasteiger partial charge on any atom is -0.486 e. The van der Waals surface area contributed by atoms with Gasteiger partial charge in [-0.05, 0) is 49.8 Å². The lowest BCUT2D eigenvalue weighted by Crippen LogP contribution is -2.18. The van der Waals surface area contributed by atoms with Crippen molar-refractivity contribution < 1.29 is 23.0 Å². The van der Waals surface area contributed by atoms with E-state index in [-0.39, 0.29) is 24.9 Å². The van der Waals surface area contributed by atoms with E-state index >= 15 is 0 Å². The van der Waals surface area contributed by atoms with Gasteiger partial charge in [-0.1, -0.05) is 6.07 Å². The van der Waals surface area contributed by atoms with Gasteiger partial charge in [-0.25, -0.2) is 0 Å². The number of aromatic nitrogens is 3. The fourth-order valence-corrected chi connectivity index (χ4v) is 3.37. The van der Waals surface area contributed by atoms with Crippen molar-refractivity contribution in [2.45, 2.75) is 44.4 Å². The van der Waals surface area contributed by atoms with Gasteiger partial charge >= 0.3 is 6.18 Å². The van der Waals surface area contributed by atoms with E-state index in [4.69, 9.17) is 4.74 Å². The molecule has 2 aromatic rings. The number of hydrogen-bond donors (Lipinski definition) is 1. The number of halogens is 3. The third-order valence-electron chi connectivity index (χ3n) is 5.00. The van der Waals surface area contributed by atoms with Gasteiger partial charge in [0.05, 0.1) is 5.56 Å². The van der Waals surface area contributed by atoms with E-state index in [1.165, 1.54) is 12.1 Å². The highest BCUT2D eigenvalue weighted by Crippen LogP contribution is 2.35. The van der Waals surface area contributed by atoms with Crippen LogP contribution in [0.15, 0.2) is 24.3 Å². The first-order valence-electron chi connectivity index (χ1n) is 8.67. The van der Waals surface area contributed by atoms with Crippen molar-refractivity contribution in [1.29, 1.82) is 0 Å². The summed E-state index contributed by atoms with van der Waals surface area (Å²) in [4.78, 5) is 0. The predicted octanol–water partition coefficient (Wildman–Crippen LogP) is 3.68. The molecule has 1 heterocycles. The van der Waals surface area contributed by atoms with Gasteiger partial charge in [0.25, 0.3) is 0 Å². The lowest BCUT2D eigenvalue weighted by molar-refractivity contribution is -0.137. The SMILES string of the molecule is Cn1c(COc2cccc(C(F)(F)F)c2)nnc1C1CCC(CO)CC1. The number of aliphatic hydroxyl groups is 1. The number of alkyl halides is 3. The molecule has 142 valence electrons. The predicted molar refractivity (Wildman–Crippen MR) is 88.6 cm³/mol. The first-order chi connectivity index (χ1) is 12.4. The molecule has 1 aliphatic rings. The van der Waals surface area contributed by atoms with Crippen LogP contribution < -0.4 is 4.74 Å². The minimum atomic E-state index is -4.40. The third kappa shape index (κ3) is 4.17. The van der Waals surface area contributed by atoms with Crippen LogP contribution in [0.2, 0.25) is 0 Å². The van der Waals surface area contributed by atoms with Crippen molar-refractivity contribution in [2.24, 2.45) is 13.0 Å². The fourth-order valence-electron chi connectivity index (χ4n) is 3.37. The second kappa shape index (κ2) is 7.65. The van der Waals surface area contributed by atoms with Crippen molar-refractivity contribution in [3.8, 4) is 5.75 Å². The van der Waals surface area contributed by atoms with E-state index in [0.29, 0.717) is 11.7 Å². The molecule has 1 aliphatic carbocycles. The van der Waals surface area contributed by atoms with Gasteiger partial charge in [-0.15, -0.1) is 10.2 Å². The van der Waals surface area contributed by atoms with Crippen LogP contribution in [0.25, 0.3) is 0 Å². The average Bonchev–Trinajstić information content (AvgIpc) is 3.00. The molecule has 1 aromatic heterocycles. The molecule has 0 aliphatic heterocycles. The van der Waals surface area contributed by atoms with Crippen molar-refractivity contribution in [2.75, 3.05) is 6.61 Å². The van der Waals surface area contributed by atoms with Gasteiger partial charge in [-0.3, -0.25) is 0 Å². The zero-order chi connectivity index (χ0) is 18.7. The Kier molecular flexibility index (Phi) is 5.50. The highest BCUT2D eigenvalue weighted by molar-refractivity contribution is 5.30. The molecule has 0 atom stereocenters. The molecule has 0 unspecified atom stereocenters. The maximum atomic E-state index is 12.8. The van der Waals surface area contributed by atoms with Crippen LogP contribution in [-0.2, 0) is 19.8 Å². The summed E-state index contributed by atoms with van der Waals surface area (Å²) in [7, 11) is 1.85. The Labute approximate surface area is 149 Å². The van der Waals surface area contributed by atoms with E-state index < -0.39 is 11.7 Å². The Morgan fingerprint density at radius 3 is 2.58 bits per heavy atom. The molecule has 0 bridgehead atoms. The van der Waals surface area contributed by atoms with Crippen LogP contribution in [-0.4, -0.2) is 26.5 Å². The van der Waals surface area contributed by atoms with E-state index in [1.54, 1.807) is 0 Å². The Bertz CT molecular complexity index is 738. The van der Waals surface area contributed by atoms with Gasteiger partial charge in [0, 0.05) is 19.6 Å². The number of rotatable bonds is 5. The molecule has 8 heteroatoms. The molecular formula is C18H22F3N3O2. The van der Waals surface area contributed by atoms with Gasteiger partial charge in [-0.2, -0.15) is 13.2 Å². The summed E-state index contributed by atoms with van der Waals surface area (Å²) in [6.45, 7) is 0.276. The summed E-state index contributed by atoms with van der Waals surface area (Å²) in [5, 5.41) is 17.6. The maximum absolute atomic E-state index is 12.8. The lowest BCUT2D eigenvalue weighted by atomic mass is 9.82. The number of hydrogen-bond acceptors (Lipinski definition) is 4. The van der Waals surface area contributed by atoms with Gasteiger partial charge in [0.15, 0.2) is 5.82 Å². The van der Waals surface area contributed by atoms with E-state index in [2.05, 4.69) is 10.2 Å². The van der Waals surface area contributed by atoms with Gasteiger partial charge in [0.1, 0.15) is 18.2 Å². The third-order valence-corrected chi connectivity index (χ3v) is 5.00. The summed E-state index contributed by atoms with van der Waals surface area (Å²) < 4.78 is 45.6. The molecule has 3 rings (SSSR count). The largest absolute Gasteiger partial charge is 0.486 e. The molecular weight excluding hydrogens is 347 g/mol. The number of ether oxygens (including phenoxy) is 1. The van der Waals surface area contributed by atoms with Crippen LogP contribution in [0.3, 0.4) is 0 Å². The highest BCUT2D eigenvalue weighted by Gasteiger charge is 2.30. The zero-order valence-electron chi connectivity index (χ0n) is 14.5. The second-order valence-corrected chi connectivity index (χ2v) is 6.75. The number of aliphatic hydroxyl groups excluding tert-OH is 1. The molecule has 1 N–H and O–H groups in total. The number of nitrogens with zero attached hydrogens (tertiary/aromatic N) is 3. The van der Waals surface area contributed by atoms with Crippen molar-refractivity contribution in [3.63, 3.8) is 0 Å². The molecule has 1 saturated carbocycles. The first kappa shape index (κ1) is 18.7. The first-order valence-corrected chi connectivity index (χ1v) is 8.67. The zero-order valence-corrected chi connectivity index (χ0v) is 14.5. The molecule has 0 spiro atoms. The topological polar surface area (TPSA) is 60.2 Å². The molecule has 26 heavy (non-hydrogen) atoms. The minimum absolute atomic E-state index is 0.0524. The summed E-state index contributed by atoms with van der Waals surface area (Å²) in [5.74, 6) is 2.24. The quantitative estimate of drug-likeness (QED) is 0.873. The van der Waals surface area contributed by atoms with Crippen LogP contribution in [0.1, 0.15) is 48.8 Å². The van der Waals surface area contributed by atoms with E-state index in [1.807, 2.05) is 11.6 Å². The normalized spacial score (nSPS) is 21.0. The standard InChI is InChI=1S/C18H22F3N3O2/c1-24-16(11-26-15-4-2-3-14(9-15)18(19,20)21)22-23-17(24)13-7-5-12(10-25)6-8-13/h2-4,9,12-13,25H,5-8,10-11H2,1H3. The Hall–Kier alpha value is -2.09. The highest BCUT2D eigenvalue weighted by atomic mass is 19.4. The Morgan fingerprint density at radius 1 is 1.19 bits per heavy atom. The van der Waals surface area contributed by atoms with Gasteiger partial charge < -0.3 is 14.4 Å². The number of benzene rings is 1. The summed E-state index contributed by atoms with van der Waals surface area (Å²) in [6, 6.07) is 4.80. The molecule has 1 aromatic carbocycles. The molecule has 1 fully saturated rings. The van der Waals surface area contributed by atoms with Crippen LogP contribution in [0.5, 0.6) is 5.75 Å². The Morgan fingerprint density at radius 2 is 1.92 bits per heavy atom. The molecule has 0 saturated heterocycles. The summed E-state index contributed by atoms with van der Waals surface area (Å²) in [5.41, 5.74) is -0.741. The summed E-state index contributed by atoms with van der Waals surface area (Å²) in [6.07, 6.45) is -0.573. The maximum Gasteiger partial charge on any atom is 0.416 e. The van der Waals surface area contributed by atoms with E-state index in [0.717, 1.165) is 43.6 Å². The Balaban J connectivity index is 1.64. The molecule has 0 radical (unpaired) electrons. The lowest BCUT2D eigenvalue weighted by Gasteiger charge is -2.26.